The van der Waals surface area contributed by atoms with Gasteiger partial charge in [0.05, 0.1) is 17.2 Å². The molecular formula is C10H12Cl2FNO. The summed E-state index contributed by atoms with van der Waals surface area (Å²) in [7, 11) is 1.67. The fourth-order valence-corrected chi connectivity index (χ4v) is 1.84. The lowest BCUT2D eigenvalue weighted by atomic mass is 9.93. The highest BCUT2D eigenvalue weighted by molar-refractivity contribution is 6.35. The van der Waals surface area contributed by atoms with Crippen LogP contribution in [-0.2, 0) is 5.54 Å². The van der Waals surface area contributed by atoms with E-state index in [2.05, 4.69) is 5.32 Å². The minimum Gasteiger partial charge on any atom is -0.394 e. The fourth-order valence-electron chi connectivity index (χ4n) is 1.24. The molecule has 2 nitrogen and oxygen atoms in total. The van der Waals surface area contributed by atoms with Crippen LogP contribution in [0, 0.1) is 5.82 Å². The second-order valence-electron chi connectivity index (χ2n) is 3.49. The highest BCUT2D eigenvalue weighted by Gasteiger charge is 2.27. The summed E-state index contributed by atoms with van der Waals surface area (Å²) in [6.07, 6.45) is 0. The van der Waals surface area contributed by atoms with Crippen LogP contribution in [0.2, 0.25) is 10.0 Å². The van der Waals surface area contributed by atoms with Crippen molar-refractivity contribution in [1.82, 2.24) is 5.32 Å². The van der Waals surface area contributed by atoms with Gasteiger partial charge in [0.1, 0.15) is 5.82 Å². The molecule has 84 valence electrons. The van der Waals surface area contributed by atoms with E-state index in [1.807, 2.05) is 0 Å². The maximum atomic E-state index is 13.3. The van der Waals surface area contributed by atoms with Crippen molar-refractivity contribution in [2.45, 2.75) is 12.5 Å². The lowest BCUT2D eigenvalue weighted by Gasteiger charge is -2.28. The van der Waals surface area contributed by atoms with Crippen LogP contribution in [0.4, 0.5) is 4.39 Å². The van der Waals surface area contributed by atoms with E-state index in [0.717, 1.165) is 0 Å². The first kappa shape index (κ1) is 12.7. The third-order valence-electron chi connectivity index (χ3n) is 2.47. The van der Waals surface area contributed by atoms with Crippen LogP contribution in [0.1, 0.15) is 12.5 Å². The average molecular weight is 252 g/mol. The summed E-state index contributed by atoms with van der Waals surface area (Å²) in [6, 6.07) is 2.57. The molecule has 1 atom stereocenters. The molecule has 0 aromatic heterocycles. The number of benzene rings is 1. The van der Waals surface area contributed by atoms with Crippen molar-refractivity contribution in [3.05, 3.63) is 33.6 Å². The fraction of sp³-hybridized carbons (Fsp3) is 0.400. The Morgan fingerprint density at radius 2 is 2.00 bits per heavy atom. The largest absolute Gasteiger partial charge is 0.394 e. The number of rotatable bonds is 3. The first-order valence-electron chi connectivity index (χ1n) is 4.39. The molecular weight excluding hydrogens is 240 g/mol. The average Bonchev–Trinajstić information content (AvgIpc) is 2.22. The predicted octanol–water partition coefficient (Wildman–Crippen LogP) is 2.56. The molecule has 1 unspecified atom stereocenters. The van der Waals surface area contributed by atoms with E-state index < -0.39 is 11.4 Å². The summed E-state index contributed by atoms with van der Waals surface area (Å²) in [4.78, 5) is 0. The molecule has 5 heteroatoms. The van der Waals surface area contributed by atoms with Crippen molar-refractivity contribution in [3.8, 4) is 0 Å². The van der Waals surface area contributed by atoms with Crippen LogP contribution in [0.3, 0.4) is 0 Å². The van der Waals surface area contributed by atoms with Gasteiger partial charge in [0.15, 0.2) is 0 Å². The number of aliphatic hydroxyl groups excluding tert-OH is 1. The molecule has 1 rings (SSSR count). The Morgan fingerprint density at radius 1 is 1.40 bits per heavy atom. The van der Waals surface area contributed by atoms with Gasteiger partial charge in [0.25, 0.3) is 0 Å². The molecule has 0 bridgehead atoms. The number of likely N-dealkylation sites (N-methyl/N-ethyl adjacent to an activating group) is 1. The Hall–Kier alpha value is -0.350. The first-order valence-corrected chi connectivity index (χ1v) is 5.15. The molecule has 0 heterocycles. The van der Waals surface area contributed by atoms with E-state index in [9.17, 15) is 9.50 Å². The molecule has 0 fully saturated rings. The highest BCUT2D eigenvalue weighted by atomic mass is 35.5. The summed E-state index contributed by atoms with van der Waals surface area (Å²) in [5.41, 5.74) is -0.293. The SMILES string of the molecule is CNC(C)(CO)c1cc(F)c(Cl)cc1Cl. The number of halogens is 3. The van der Waals surface area contributed by atoms with Crippen molar-refractivity contribution in [3.63, 3.8) is 0 Å². The minimum atomic E-state index is -0.775. The van der Waals surface area contributed by atoms with Crippen LogP contribution in [-0.4, -0.2) is 18.8 Å². The van der Waals surface area contributed by atoms with E-state index in [4.69, 9.17) is 23.2 Å². The van der Waals surface area contributed by atoms with Crippen LogP contribution < -0.4 is 5.32 Å². The van der Waals surface area contributed by atoms with Crippen LogP contribution in [0.25, 0.3) is 0 Å². The Balaban J connectivity index is 3.30. The third kappa shape index (κ3) is 2.42. The Bertz CT molecular complexity index is 367. The summed E-state index contributed by atoms with van der Waals surface area (Å²) < 4.78 is 13.3. The van der Waals surface area contributed by atoms with E-state index in [-0.39, 0.29) is 11.6 Å². The molecule has 0 saturated carbocycles. The van der Waals surface area contributed by atoms with Crippen molar-refractivity contribution in [2.24, 2.45) is 0 Å². The molecule has 0 aliphatic rings. The van der Waals surface area contributed by atoms with Crippen LogP contribution >= 0.6 is 23.2 Å². The van der Waals surface area contributed by atoms with Gasteiger partial charge in [-0.3, -0.25) is 0 Å². The van der Waals surface area contributed by atoms with Crippen LogP contribution in [0.5, 0.6) is 0 Å². The lowest BCUT2D eigenvalue weighted by molar-refractivity contribution is 0.183. The van der Waals surface area contributed by atoms with Gasteiger partial charge in [-0.1, -0.05) is 23.2 Å². The zero-order chi connectivity index (χ0) is 11.6. The van der Waals surface area contributed by atoms with Gasteiger partial charge in [0, 0.05) is 5.02 Å². The lowest BCUT2D eigenvalue weighted by Crippen LogP contribution is -2.40. The van der Waals surface area contributed by atoms with Crippen molar-refractivity contribution in [2.75, 3.05) is 13.7 Å². The van der Waals surface area contributed by atoms with Gasteiger partial charge in [0.2, 0.25) is 0 Å². The number of hydrogen-bond acceptors (Lipinski definition) is 2. The molecule has 0 amide bonds. The predicted molar refractivity (Wildman–Crippen MR) is 59.9 cm³/mol. The Labute approximate surface area is 98.0 Å². The second kappa shape index (κ2) is 4.66. The molecule has 0 saturated heterocycles. The van der Waals surface area contributed by atoms with Crippen molar-refractivity contribution >= 4 is 23.2 Å². The Kier molecular flexibility index (Phi) is 3.95. The van der Waals surface area contributed by atoms with E-state index in [0.29, 0.717) is 10.6 Å². The molecule has 1 aromatic carbocycles. The summed E-state index contributed by atoms with van der Waals surface area (Å²) in [6.45, 7) is 1.53. The number of aliphatic hydroxyl groups is 1. The van der Waals surface area contributed by atoms with Crippen molar-refractivity contribution < 1.29 is 9.50 Å². The van der Waals surface area contributed by atoms with Crippen molar-refractivity contribution in [1.29, 1.82) is 0 Å². The quantitative estimate of drug-likeness (QED) is 0.810. The molecule has 0 aliphatic heterocycles. The third-order valence-corrected chi connectivity index (χ3v) is 3.07. The maximum Gasteiger partial charge on any atom is 0.142 e. The van der Waals surface area contributed by atoms with Gasteiger partial charge in [-0.15, -0.1) is 0 Å². The van der Waals surface area contributed by atoms with Gasteiger partial charge in [-0.2, -0.15) is 0 Å². The molecule has 2 N–H and O–H groups in total. The molecule has 1 aromatic rings. The van der Waals surface area contributed by atoms with Gasteiger partial charge in [-0.05, 0) is 31.7 Å². The summed E-state index contributed by atoms with van der Waals surface area (Å²) in [5, 5.41) is 12.4. The van der Waals surface area contributed by atoms with E-state index in [1.165, 1.54) is 12.1 Å². The van der Waals surface area contributed by atoms with E-state index >= 15 is 0 Å². The molecule has 15 heavy (non-hydrogen) atoms. The monoisotopic (exact) mass is 251 g/mol. The standard InChI is InChI=1S/C10H12Cl2FNO/c1-10(5-15,14-2)6-3-9(13)8(12)4-7(6)11/h3-4,14-15H,5H2,1-2H3. The zero-order valence-corrected chi connectivity index (χ0v) is 9.95. The van der Waals surface area contributed by atoms with Gasteiger partial charge >= 0.3 is 0 Å². The first-order chi connectivity index (χ1) is 6.94. The second-order valence-corrected chi connectivity index (χ2v) is 4.30. The normalized spacial score (nSPS) is 15.1. The van der Waals surface area contributed by atoms with Gasteiger partial charge in [-0.25, -0.2) is 4.39 Å². The van der Waals surface area contributed by atoms with Crippen LogP contribution in [0.15, 0.2) is 12.1 Å². The maximum absolute atomic E-state index is 13.3. The number of hydrogen-bond donors (Lipinski definition) is 2. The summed E-state index contributed by atoms with van der Waals surface area (Å²) in [5.74, 6) is -0.550. The Morgan fingerprint density at radius 3 is 2.47 bits per heavy atom. The molecule has 0 aliphatic carbocycles. The summed E-state index contributed by atoms with van der Waals surface area (Å²) >= 11 is 11.5. The molecule has 0 spiro atoms. The number of nitrogens with one attached hydrogen (secondary N) is 1. The molecule has 0 radical (unpaired) electrons. The minimum absolute atomic E-state index is 0.0276. The van der Waals surface area contributed by atoms with Gasteiger partial charge < -0.3 is 10.4 Å². The van der Waals surface area contributed by atoms with E-state index in [1.54, 1.807) is 14.0 Å². The smallest absolute Gasteiger partial charge is 0.142 e. The highest BCUT2D eigenvalue weighted by Crippen LogP contribution is 2.31. The topological polar surface area (TPSA) is 32.3 Å². The zero-order valence-electron chi connectivity index (χ0n) is 8.44.